The summed E-state index contributed by atoms with van der Waals surface area (Å²) in [5.41, 5.74) is 12.5. The summed E-state index contributed by atoms with van der Waals surface area (Å²) in [6, 6.07) is 13.9. The summed E-state index contributed by atoms with van der Waals surface area (Å²) in [6.07, 6.45) is -0.568. The van der Waals surface area contributed by atoms with Crippen molar-refractivity contribution < 1.29 is 14.6 Å². The molecule has 5 heteroatoms. The van der Waals surface area contributed by atoms with Gasteiger partial charge in [-0.15, -0.1) is 0 Å². The first-order valence-corrected chi connectivity index (χ1v) is 6.32. The molecule has 2 aromatic rings. The Morgan fingerprint density at radius 2 is 1.35 bits per heavy atom. The van der Waals surface area contributed by atoms with Crippen molar-refractivity contribution in [3.8, 4) is 11.5 Å². The highest BCUT2D eigenvalue weighted by molar-refractivity contribution is 5.42. The van der Waals surface area contributed by atoms with E-state index in [1.807, 2.05) is 0 Å². The molecule has 2 aromatic carbocycles. The van der Waals surface area contributed by atoms with Crippen LogP contribution in [0.25, 0.3) is 0 Å². The van der Waals surface area contributed by atoms with Crippen LogP contribution in [-0.2, 0) is 0 Å². The van der Waals surface area contributed by atoms with E-state index in [0.29, 0.717) is 35.9 Å². The molecule has 1 atom stereocenters. The molecule has 5 N–H and O–H groups in total. The van der Waals surface area contributed by atoms with Crippen LogP contribution in [0.2, 0.25) is 0 Å². The smallest absolute Gasteiger partial charge is 0.200 e. The summed E-state index contributed by atoms with van der Waals surface area (Å²) in [6.45, 7) is 0.347. The third-order valence-corrected chi connectivity index (χ3v) is 2.67. The Morgan fingerprint density at radius 3 is 1.90 bits per heavy atom. The van der Waals surface area contributed by atoms with Crippen molar-refractivity contribution in [1.82, 2.24) is 0 Å². The fraction of sp³-hybridized carbons (Fsp3) is 0.200. The standard InChI is InChI=1S/C15H18N2O3/c16-11-1-5-13(6-2-11)19-10-9-15(18)20-14-7-3-12(17)4-8-14/h1-8,15,18H,9-10,16-17H2. The number of hydrogen-bond donors (Lipinski definition) is 3. The molecule has 0 heterocycles. The molecular weight excluding hydrogens is 256 g/mol. The molecule has 0 fully saturated rings. The van der Waals surface area contributed by atoms with Gasteiger partial charge in [0.05, 0.1) is 6.61 Å². The average molecular weight is 274 g/mol. The Balaban J connectivity index is 1.73. The summed E-state index contributed by atoms with van der Waals surface area (Å²) < 4.78 is 10.8. The number of rotatable bonds is 6. The molecule has 0 bridgehead atoms. The van der Waals surface area contributed by atoms with E-state index in [0.717, 1.165) is 0 Å². The monoisotopic (exact) mass is 274 g/mol. The van der Waals surface area contributed by atoms with E-state index in [4.69, 9.17) is 20.9 Å². The molecule has 0 aliphatic heterocycles. The number of nitrogen functional groups attached to an aromatic ring is 2. The number of hydrogen-bond acceptors (Lipinski definition) is 5. The summed E-state index contributed by atoms with van der Waals surface area (Å²) in [5.74, 6) is 1.28. The highest BCUT2D eigenvalue weighted by Crippen LogP contribution is 2.16. The third-order valence-electron chi connectivity index (χ3n) is 2.67. The number of aliphatic hydroxyl groups excluding tert-OH is 1. The molecule has 20 heavy (non-hydrogen) atoms. The number of ether oxygens (including phenoxy) is 2. The van der Waals surface area contributed by atoms with Gasteiger partial charge in [0.25, 0.3) is 0 Å². The minimum Gasteiger partial charge on any atom is -0.493 e. The Kier molecular flexibility index (Phi) is 4.68. The molecule has 0 aromatic heterocycles. The maximum absolute atomic E-state index is 9.74. The Bertz CT molecular complexity index is 526. The van der Waals surface area contributed by atoms with Crippen LogP contribution in [0.1, 0.15) is 6.42 Å². The fourth-order valence-corrected chi connectivity index (χ4v) is 1.60. The zero-order valence-electron chi connectivity index (χ0n) is 11.0. The fourth-order valence-electron chi connectivity index (χ4n) is 1.60. The highest BCUT2D eigenvalue weighted by atomic mass is 16.6. The van der Waals surface area contributed by atoms with Crippen molar-refractivity contribution in [2.45, 2.75) is 12.7 Å². The summed E-state index contributed by atoms with van der Waals surface area (Å²) in [5, 5.41) is 9.74. The van der Waals surface area contributed by atoms with Crippen molar-refractivity contribution in [1.29, 1.82) is 0 Å². The van der Waals surface area contributed by atoms with Crippen LogP contribution < -0.4 is 20.9 Å². The van der Waals surface area contributed by atoms with Gasteiger partial charge in [0.2, 0.25) is 6.29 Å². The lowest BCUT2D eigenvalue weighted by Gasteiger charge is -2.14. The largest absolute Gasteiger partial charge is 0.493 e. The van der Waals surface area contributed by atoms with Gasteiger partial charge in [0, 0.05) is 17.8 Å². The number of aliphatic hydroxyl groups is 1. The summed E-state index contributed by atoms with van der Waals surface area (Å²) in [4.78, 5) is 0. The van der Waals surface area contributed by atoms with Gasteiger partial charge in [0.15, 0.2) is 0 Å². The van der Waals surface area contributed by atoms with Gasteiger partial charge >= 0.3 is 0 Å². The van der Waals surface area contributed by atoms with Crippen molar-refractivity contribution in [2.75, 3.05) is 18.1 Å². The predicted octanol–water partition coefficient (Wildman–Crippen LogP) is 2.02. The van der Waals surface area contributed by atoms with E-state index < -0.39 is 6.29 Å². The second-order valence-corrected chi connectivity index (χ2v) is 4.35. The predicted molar refractivity (Wildman–Crippen MR) is 78.5 cm³/mol. The maximum atomic E-state index is 9.74. The SMILES string of the molecule is Nc1ccc(OCCC(O)Oc2ccc(N)cc2)cc1. The van der Waals surface area contributed by atoms with Crippen LogP contribution in [0.3, 0.4) is 0 Å². The molecule has 0 spiro atoms. The van der Waals surface area contributed by atoms with Crippen molar-refractivity contribution in [2.24, 2.45) is 0 Å². The molecule has 0 saturated heterocycles. The van der Waals surface area contributed by atoms with E-state index in [1.54, 1.807) is 48.5 Å². The summed E-state index contributed by atoms with van der Waals surface area (Å²) in [7, 11) is 0. The van der Waals surface area contributed by atoms with Crippen LogP contribution in [-0.4, -0.2) is 18.0 Å². The van der Waals surface area contributed by atoms with Crippen LogP contribution in [0.5, 0.6) is 11.5 Å². The normalized spacial score (nSPS) is 11.8. The molecule has 0 aliphatic carbocycles. The lowest BCUT2D eigenvalue weighted by atomic mass is 10.3. The first kappa shape index (κ1) is 14.0. The van der Waals surface area contributed by atoms with Crippen LogP contribution in [0, 0.1) is 0 Å². The second-order valence-electron chi connectivity index (χ2n) is 4.35. The molecule has 0 amide bonds. The van der Waals surface area contributed by atoms with Gasteiger partial charge in [-0.1, -0.05) is 0 Å². The van der Waals surface area contributed by atoms with Gasteiger partial charge in [0.1, 0.15) is 11.5 Å². The molecular formula is C15H18N2O3. The number of anilines is 2. The molecule has 0 aliphatic rings. The quantitative estimate of drug-likeness (QED) is 0.553. The molecule has 1 unspecified atom stereocenters. The van der Waals surface area contributed by atoms with Gasteiger partial charge in [-0.25, -0.2) is 0 Å². The van der Waals surface area contributed by atoms with E-state index in [-0.39, 0.29) is 0 Å². The van der Waals surface area contributed by atoms with E-state index >= 15 is 0 Å². The topological polar surface area (TPSA) is 90.7 Å². The highest BCUT2D eigenvalue weighted by Gasteiger charge is 2.06. The minimum atomic E-state index is -0.924. The molecule has 5 nitrogen and oxygen atoms in total. The summed E-state index contributed by atoms with van der Waals surface area (Å²) >= 11 is 0. The lowest BCUT2D eigenvalue weighted by molar-refractivity contribution is -0.0306. The van der Waals surface area contributed by atoms with Crippen molar-refractivity contribution >= 4 is 11.4 Å². The maximum Gasteiger partial charge on any atom is 0.200 e. The van der Waals surface area contributed by atoms with Gasteiger partial charge in [-0.2, -0.15) is 0 Å². The van der Waals surface area contributed by atoms with E-state index in [1.165, 1.54) is 0 Å². The van der Waals surface area contributed by atoms with Crippen molar-refractivity contribution in [3.63, 3.8) is 0 Å². The Morgan fingerprint density at radius 1 is 0.850 bits per heavy atom. The first-order chi connectivity index (χ1) is 9.63. The molecule has 2 rings (SSSR count). The zero-order chi connectivity index (χ0) is 14.4. The zero-order valence-corrected chi connectivity index (χ0v) is 11.0. The lowest BCUT2D eigenvalue weighted by Crippen LogP contribution is -2.18. The Labute approximate surface area is 117 Å². The first-order valence-electron chi connectivity index (χ1n) is 6.32. The van der Waals surface area contributed by atoms with Gasteiger partial charge in [-0.05, 0) is 48.5 Å². The van der Waals surface area contributed by atoms with E-state index in [9.17, 15) is 5.11 Å². The minimum absolute atomic E-state index is 0.347. The second kappa shape index (κ2) is 6.68. The van der Waals surface area contributed by atoms with Crippen LogP contribution >= 0.6 is 0 Å². The van der Waals surface area contributed by atoms with E-state index in [2.05, 4.69) is 0 Å². The van der Waals surface area contributed by atoms with Gasteiger partial charge < -0.3 is 26.0 Å². The number of nitrogens with two attached hydrogens (primary N) is 2. The molecule has 0 saturated carbocycles. The Hall–Kier alpha value is -2.40. The van der Waals surface area contributed by atoms with Gasteiger partial charge in [-0.3, -0.25) is 0 Å². The number of benzene rings is 2. The molecule has 0 radical (unpaired) electrons. The molecule has 106 valence electrons. The third kappa shape index (κ3) is 4.37. The average Bonchev–Trinajstić information content (AvgIpc) is 2.44. The van der Waals surface area contributed by atoms with Crippen molar-refractivity contribution in [3.05, 3.63) is 48.5 Å². The van der Waals surface area contributed by atoms with Crippen LogP contribution in [0.15, 0.2) is 48.5 Å². The van der Waals surface area contributed by atoms with Crippen LogP contribution in [0.4, 0.5) is 11.4 Å².